The van der Waals surface area contributed by atoms with Crippen molar-refractivity contribution in [3.05, 3.63) is 29.7 Å². The van der Waals surface area contributed by atoms with E-state index in [1.54, 1.807) is 12.1 Å². The van der Waals surface area contributed by atoms with E-state index in [9.17, 15) is 5.11 Å². The molecule has 0 aliphatic heterocycles. The predicted molar refractivity (Wildman–Crippen MR) is 52.4 cm³/mol. The Labute approximate surface area is 81.5 Å². The molecule has 0 spiro atoms. The number of aliphatic hydroxyl groups excluding tert-OH is 1. The molecule has 0 aliphatic rings. The summed E-state index contributed by atoms with van der Waals surface area (Å²) in [5.74, 6) is 0.166. The highest BCUT2D eigenvalue weighted by Gasteiger charge is 2.09. The number of hydrogen-bond acceptors (Lipinski definition) is 3. The Morgan fingerprint density at radius 1 is 1.50 bits per heavy atom. The van der Waals surface area contributed by atoms with Gasteiger partial charge in [-0.1, -0.05) is 0 Å². The minimum Gasteiger partial charge on any atom is -0.504 e. The first-order valence-electron chi connectivity index (χ1n) is 4.50. The van der Waals surface area contributed by atoms with Crippen molar-refractivity contribution >= 4 is 5.65 Å². The van der Waals surface area contributed by atoms with Gasteiger partial charge in [-0.05, 0) is 19.1 Å². The maximum Gasteiger partial charge on any atom is 0.179 e. The van der Waals surface area contributed by atoms with Crippen molar-refractivity contribution in [2.24, 2.45) is 0 Å². The molecule has 0 radical (unpaired) electrons. The largest absolute Gasteiger partial charge is 0.504 e. The summed E-state index contributed by atoms with van der Waals surface area (Å²) >= 11 is 0. The van der Waals surface area contributed by atoms with Crippen LogP contribution in [0.5, 0.6) is 5.75 Å². The molecule has 0 saturated carbocycles. The summed E-state index contributed by atoms with van der Waals surface area (Å²) in [4.78, 5) is 4.25. The lowest BCUT2D eigenvalue weighted by Crippen LogP contribution is -1.93. The molecule has 4 heteroatoms. The Morgan fingerprint density at radius 3 is 2.93 bits per heavy atom. The van der Waals surface area contributed by atoms with E-state index in [-0.39, 0.29) is 12.4 Å². The number of nitrogens with zero attached hydrogens (tertiary/aromatic N) is 2. The Balaban J connectivity index is 2.67. The molecule has 0 saturated heterocycles. The summed E-state index contributed by atoms with van der Waals surface area (Å²) in [7, 11) is 0. The number of hydrogen-bond donors (Lipinski definition) is 2. The van der Waals surface area contributed by atoms with Gasteiger partial charge in [0.1, 0.15) is 0 Å². The van der Waals surface area contributed by atoms with Gasteiger partial charge in [0, 0.05) is 24.9 Å². The highest BCUT2D eigenvalue weighted by molar-refractivity contribution is 5.55. The second-order valence-corrected chi connectivity index (χ2v) is 3.20. The first kappa shape index (κ1) is 9.02. The van der Waals surface area contributed by atoms with Crippen molar-refractivity contribution in [1.82, 2.24) is 9.38 Å². The van der Waals surface area contributed by atoms with Gasteiger partial charge in [0.25, 0.3) is 0 Å². The van der Waals surface area contributed by atoms with Crippen molar-refractivity contribution in [1.29, 1.82) is 0 Å². The molecule has 0 atom stereocenters. The van der Waals surface area contributed by atoms with E-state index >= 15 is 0 Å². The smallest absolute Gasteiger partial charge is 0.179 e. The number of aryl methyl sites for hydroxylation is 1. The average Bonchev–Trinajstić information content (AvgIpc) is 2.48. The molecule has 2 aromatic heterocycles. The lowest BCUT2D eigenvalue weighted by Gasteiger charge is -1.97. The van der Waals surface area contributed by atoms with Gasteiger partial charge in [-0.25, -0.2) is 4.98 Å². The maximum absolute atomic E-state index is 9.53. The normalized spacial score (nSPS) is 11.0. The van der Waals surface area contributed by atoms with Crippen LogP contribution in [0, 0.1) is 6.92 Å². The van der Waals surface area contributed by atoms with E-state index in [1.807, 2.05) is 17.5 Å². The number of aliphatic hydroxyl groups is 1. The van der Waals surface area contributed by atoms with Gasteiger partial charge in [0.05, 0.1) is 5.69 Å². The minimum absolute atomic E-state index is 0.0749. The van der Waals surface area contributed by atoms with Gasteiger partial charge in [0.15, 0.2) is 11.4 Å². The molecule has 74 valence electrons. The second kappa shape index (κ2) is 3.31. The van der Waals surface area contributed by atoms with Crippen molar-refractivity contribution in [2.45, 2.75) is 13.3 Å². The predicted octanol–water partition coefficient (Wildman–Crippen LogP) is 0.883. The molecule has 2 rings (SSSR count). The molecule has 0 bridgehead atoms. The molecule has 0 aromatic carbocycles. The first-order valence-corrected chi connectivity index (χ1v) is 4.50. The van der Waals surface area contributed by atoms with Gasteiger partial charge < -0.3 is 14.6 Å². The number of fused-ring (bicyclic) bond motifs is 1. The molecule has 2 N–H and O–H groups in total. The molecular weight excluding hydrogens is 180 g/mol. The van der Waals surface area contributed by atoms with E-state index < -0.39 is 0 Å². The van der Waals surface area contributed by atoms with E-state index in [0.717, 1.165) is 11.4 Å². The number of rotatable bonds is 2. The van der Waals surface area contributed by atoms with Crippen LogP contribution < -0.4 is 0 Å². The van der Waals surface area contributed by atoms with Crippen LogP contribution in [0.15, 0.2) is 18.3 Å². The number of aromatic nitrogens is 2. The molecule has 0 unspecified atom stereocenters. The highest BCUT2D eigenvalue weighted by atomic mass is 16.3. The quantitative estimate of drug-likeness (QED) is 0.742. The van der Waals surface area contributed by atoms with Crippen LogP contribution in [0.2, 0.25) is 0 Å². The van der Waals surface area contributed by atoms with Gasteiger partial charge >= 0.3 is 0 Å². The second-order valence-electron chi connectivity index (χ2n) is 3.20. The summed E-state index contributed by atoms with van der Waals surface area (Å²) in [5, 5.41) is 18.4. The third kappa shape index (κ3) is 1.24. The van der Waals surface area contributed by atoms with E-state index in [2.05, 4.69) is 4.98 Å². The highest BCUT2D eigenvalue weighted by Crippen LogP contribution is 2.20. The third-order valence-corrected chi connectivity index (χ3v) is 2.31. The Hall–Kier alpha value is -1.55. The summed E-state index contributed by atoms with van der Waals surface area (Å²) < 4.78 is 1.82. The standard InChI is InChI=1S/C10H12N2O2/c1-7-8(4-6-13)11-10-9(14)3-2-5-12(7)10/h2-3,5,13-14H,4,6H2,1H3. The Bertz CT molecular complexity index is 462. The van der Waals surface area contributed by atoms with Crippen LogP contribution in [0.1, 0.15) is 11.4 Å². The van der Waals surface area contributed by atoms with Crippen LogP contribution in [0.25, 0.3) is 5.65 Å². The average molecular weight is 192 g/mol. The van der Waals surface area contributed by atoms with Gasteiger partial charge in [0.2, 0.25) is 0 Å². The first-order chi connectivity index (χ1) is 6.74. The van der Waals surface area contributed by atoms with Gasteiger partial charge in [-0.15, -0.1) is 0 Å². The fourth-order valence-electron chi connectivity index (χ4n) is 1.56. The van der Waals surface area contributed by atoms with Crippen LogP contribution in [0.4, 0.5) is 0 Å². The van der Waals surface area contributed by atoms with Crippen molar-refractivity contribution in [3.8, 4) is 5.75 Å². The maximum atomic E-state index is 9.53. The molecule has 0 fully saturated rings. The number of aromatic hydroxyl groups is 1. The SMILES string of the molecule is Cc1c(CCO)nc2c(O)cccn12. The van der Waals surface area contributed by atoms with Crippen molar-refractivity contribution < 1.29 is 10.2 Å². The lowest BCUT2D eigenvalue weighted by molar-refractivity contribution is 0.298. The summed E-state index contributed by atoms with van der Waals surface area (Å²) in [6, 6.07) is 3.37. The van der Waals surface area contributed by atoms with E-state index in [0.29, 0.717) is 12.1 Å². The zero-order valence-corrected chi connectivity index (χ0v) is 7.94. The van der Waals surface area contributed by atoms with Crippen LogP contribution >= 0.6 is 0 Å². The van der Waals surface area contributed by atoms with Gasteiger partial charge in [-0.3, -0.25) is 0 Å². The summed E-state index contributed by atoms with van der Waals surface area (Å²) in [5.41, 5.74) is 2.34. The van der Waals surface area contributed by atoms with Crippen LogP contribution in [0.3, 0.4) is 0 Å². The minimum atomic E-state index is 0.0749. The summed E-state index contributed by atoms with van der Waals surface area (Å²) in [6.07, 6.45) is 2.37. The Kier molecular flexibility index (Phi) is 2.13. The molecule has 2 heterocycles. The van der Waals surface area contributed by atoms with Crippen LogP contribution in [-0.4, -0.2) is 26.2 Å². The zero-order chi connectivity index (χ0) is 10.1. The fourth-order valence-corrected chi connectivity index (χ4v) is 1.56. The number of imidazole rings is 1. The zero-order valence-electron chi connectivity index (χ0n) is 7.94. The topological polar surface area (TPSA) is 57.8 Å². The summed E-state index contributed by atoms with van der Waals surface area (Å²) in [6.45, 7) is 2.00. The molecule has 0 amide bonds. The van der Waals surface area contributed by atoms with Crippen molar-refractivity contribution in [3.63, 3.8) is 0 Å². The molecule has 2 aromatic rings. The Morgan fingerprint density at radius 2 is 2.29 bits per heavy atom. The molecule has 14 heavy (non-hydrogen) atoms. The van der Waals surface area contributed by atoms with Gasteiger partial charge in [-0.2, -0.15) is 0 Å². The van der Waals surface area contributed by atoms with Crippen molar-refractivity contribution in [2.75, 3.05) is 6.61 Å². The molecule has 0 aliphatic carbocycles. The van der Waals surface area contributed by atoms with E-state index in [1.165, 1.54) is 0 Å². The number of pyridine rings is 1. The van der Waals surface area contributed by atoms with E-state index in [4.69, 9.17) is 5.11 Å². The fraction of sp³-hybridized carbons (Fsp3) is 0.300. The third-order valence-electron chi connectivity index (χ3n) is 2.31. The molecular formula is C10H12N2O2. The molecule has 4 nitrogen and oxygen atoms in total. The lowest BCUT2D eigenvalue weighted by atomic mass is 10.3. The van der Waals surface area contributed by atoms with Crippen LogP contribution in [-0.2, 0) is 6.42 Å². The monoisotopic (exact) mass is 192 g/mol.